The zero-order chi connectivity index (χ0) is 41.4. The molecule has 14 nitrogen and oxygen atoms in total. The fraction of sp³-hybridized carbons (Fsp3) is 0.524. The maximum Gasteiger partial charge on any atom is 0.325 e. The van der Waals surface area contributed by atoms with E-state index in [0.29, 0.717) is 36.8 Å². The summed E-state index contributed by atoms with van der Waals surface area (Å²) in [4.78, 5) is 79.5. The third-order valence-electron chi connectivity index (χ3n) is 9.95. The van der Waals surface area contributed by atoms with Gasteiger partial charge >= 0.3 is 5.97 Å². The van der Waals surface area contributed by atoms with E-state index in [0.717, 1.165) is 0 Å². The predicted octanol–water partition coefficient (Wildman–Crippen LogP) is 3.10. The molecular weight excluding hydrogens is 718 g/mol. The molecule has 306 valence electrons. The van der Waals surface area contributed by atoms with Gasteiger partial charge < -0.3 is 35.7 Å². The van der Waals surface area contributed by atoms with Gasteiger partial charge in [0.15, 0.2) is 0 Å². The molecule has 0 aliphatic carbocycles. The van der Waals surface area contributed by atoms with Crippen molar-refractivity contribution in [3.05, 3.63) is 77.9 Å². The number of ketones is 1. The molecule has 1 aromatic rings. The van der Waals surface area contributed by atoms with Gasteiger partial charge in [-0.15, -0.1) is 0 Å². The molecule has 2 aliphatic heterocycles. The van der Waals surface area contributed by atoms with E-state index >= 15 is 0 Å². The molecule has 2 heterocycles. The molecule has 1 fully saturated rings. The Morgan fingerprint density at radius 1 is 1.05 bits per heavy atom. The second-order valence-electron chi connectivity index (χ2n) is 14.9. The third kappa shape index (κ3) is 14.2. The number of aliphatic hydroxyl groups is 1. The van der Waals surface area contributed by atoms with E-state index in [1.165, 1.54) is 37.2 Å². The Bertz CT molecular complexity index is 1670. The number of aromatic hydroxyl groups is 1. The van der Waals surface area contributed by atoms with Gasteiger partial charge in [-0.1, -0.05) is 69.4 Å². The first kappa shape index (κ1) is 45.3. The van der Waals surface area contributed by atoms with E-state index in [4.69, 9.17) is 4.74 Å². The molecule has 0 saturated carbocycles. The molecule has 6 N–H and O–H groups in total. The van der Waals surface area contributed by atoms with Crippen LogP contribution >= 0.6 is 0 Å². The van der Waals surface area contributed by atoms with Crippen molar-refractivity contribution in [3.8, 4) is 5.75 Å². The van der Waals surface area contributed by atoms with E-state index in [-0.39, 0.29) is 43.2 Å². The lowest BCUT2D eigenvalue weighted by molar-refractivity contribution is -0.156. The maximum absolute atomic E-state index is 14.3. The number of nitrogens with zero attached hydrogens (tertiary/aromatic N) is 1. The zero-order valence-electron chi connectivity index (χ0n) is 33.3. The lowest BCUT2D eigenvalue weighted by Crippen LogP contribution is -2.62. The summed E-state index contributed by atoms with van der Waals surface area (Å²) in [6.07, 6.45) is 11.7. The molecule has 14 heteroatoms. The lowest BCUT2D eigenvalue weighted by atomic mass is 9.85. The lowest BCUT2D eigenvalue weighted by Gasteiger charge is -2.36. The van der Waals surface area contributed by atoms with Crippen LogP contribution in [0.5, 0.6) is 5.75 Å². The number of phenolic OH excluding ortho intramolecular Hbond substituents is 1. The minimum atomic E-state index is -1.18. The Morgan fingerprint density at radius 2 is 1.77 bits per heavy atom. The van der Waals surface area contributed by atoms with E-state index in [2.05, 4.69) is 21.4 Å². The van der Waals surface area contributed by atoms with E-state index in [1.54, 1.807) is 64.1 Å². The summed E-state index contributed by atoms with van der Waals surface area (Å²) >= 11 is 0. The Hall–Kier alpha value is -5.08. The number of ether oxygens (including phenoxy) is 1. The first-order chi connectivity index (χ1) is 26.6. The molecule has 3 rings (SSSR count). The average molecular weight is 778 g/mol. The highest BCUT2D eigenvalue weighted by Crippen LogP contribution is 2.24. The number of cyclic esters (lactones) is 1. The zero-order valence-corrected chi connectivity index (χ0v) is 33.3. The molecule has 0 radical (unpaired) electrons. The van der Waals surface area contributed by atoms with Crippen LogP contribution in [0.1, 0.15) is 78.7 Å². The van der Waals surface area contributed by atoms with Gasteiger partial charge in [-0.2, -0.15) is 0 Å². The standard InChI is InChI=1S/C42H59N5O9/c1-26(2)37-40(53)44-34(25-30-16-12-17-31(49)24-30)41(54)47-23-13-18-33(46-47)42(55)56-35(27(3)15-11-20-36(50)43-6)19-10-8-7-9-14-28(4)38(51)32(39(52)45-37)22-21-29(5)48/h7-12,15-17,20,24,26,28,32-35,37-38,46,49,51H,13-14,18-19,21-23,25H2,1-6H3,(H,43,50)(H,44,53)(H,45,52)/b9-7+,10-8+,20-11+,27-15+/t28?,32?,33?,34?,35-,37?,38+/m0/s1. The van der Waals surface area contributed by atoms with Gasteiger partial charge in [0.05, 0.1) is 12.0 Å². The largest absolute Gasteiger partial charge is 0.508 e. The molecule has 1 aromatic carbocycles. The van der Waals surface area contributed by atoms with Gasteiger partial charge in [0.25, 0.3) is 5.91 Å². The quantitative estimate of drug-likeness (QED) is 0.123. The molecule has 2 aliphatic rings. The average Bonchev–Trinajstić information content (AvgIpc) is 3.16. The van der Waals surface area contributed by atoms with Crippen molar-refractivity contribution < 1.29 is 43.7 Å². The minimum Gasteiger partial charge on any atom is -0.508 e. The fourth-order valence-electron chi connectivity index (χ4n) is 6.51. The summed E-state index contributed by atoms with van der Waals surface area (Å²) in [5.41, 5.74) is 4.23. The fourth-order valence-corrected chi connectivity index (χ4v) is 6.51. The van der Waals surface area contributed by atoms with Crippen molar-refractivity contribution in [2.75, 3.05) is 13.6 Å². The molecule has 5 unspecified atom stereocenters. The number of likely N-dealkylation sites (N-methyl/N-ethyl adjacent to an activating group) is 1. The number of Topliss-reactive ketones (excluding diaryl/α,β-unsaturated/α-hetero) is 1. The first-order valence-electron chi connectivity index (χ1n) is 19.3. The number of phenols is 1. The molecular formula is C42H59N5O9. The van der Waals surface area contributed by atoms with Crippen molar-refractivity contribution >= 4 is 35.4 Å². The highest BCUT2D eigenvalue weighted by Gasteiger charge is 2.37. The van der Waals surface area contributed by atoms with Crippen LogP contribution in [0.3, 0.4) is 0 Å². The SMILES string of the molecule is CNC(=O)/C=C/C=C(\C)[C@@H]1C/C=C/C=C/CC(C)[C@@H](O)C(CCC(C)=O)C(=O)NC(C(C)C)C(=O)NC(Cc2cccc(O)c2)C(=O)N2CCCC(N2)C(=O)O1. The molecule has 7 atom stereocenters. The van der Waals surface area contributed by atoms with E-state index < -0.39 is 71.8 Å². The Kier molecular flexibility index (Phi) is 18.2. The summed E-state index contributed by atoms with van der Waals surface area (Å²) in [5, 5.41) is 31.0. The van der Waals surface area contributed by atoms with Crippen LogP contribution in [-0.2, 0) is 39.9 Å². The Balaban J connectivity index is 2.05. The van der Waals surface area contributed by atoms with Gasteiger partial charge in [-0.3, -0.25) is 29.0 Å². The molecule has 2 bridgehead atoms. The van der Waals surface area contributed by atoms with Gasteiger partial charge in [-0.05, 0) is 74.6 Å². The summed E-state index contributed by atoms with van der Waals surface area (Å²) in [7, 11) is 1.52. The van der Waals surface area contributed by atoms with E-state index in [1.807, 2.05) is 12.2 Å². The second kappa shape index (κ2) is 22.5. The topological polar surface area (TPSA) is 203 Å². The number of amides is 4. The van der Waals surface area contributed by atoms with Crippen molar-refractivity contribution in [1.29, 1.82) is 0 Å². The monoisotopic (exact) mass is 777 g/mol. The predicted molar refractivity (Wildman–Crippen MR) is 211 cm³/mol. The number of carbonyl (C=O) groups is 6. The summed E-state index contributed by atoms with van der Waals surface area (Å²) in [6, 6.07) is 3.13. The maximum atomic E-state index is 14.3. The third-order valence-corrected chi connectivity index (χ3v) is 9.95. The van der Waals surface area contributed by atoms with Crippen molar-refractivity contribution in [2.24, 2.45) is 17.8 Å². The van der Waals surface area contributed by atoms with Crippen LogP contribution in [0.4, 0.5) is 0 Å². The molecule has 4 amide bonds. The number of allylic oxidation sites excluding steroid dienone is 5. The molecule has 1 saturated heterocycles. The van der Waals surface area contributed by atoms with Crippen LogP contribution in [0.15, 0.2) is 72.4 Å². The minimum absolute atomic E-state index is 0.0159. The van der Waals surface area contributed by atoms with Crippen LogP contribution in [0, 0.1) is 17.8 Å². The van der Waals surface area contributed by atoms with Gasteiger partial charge in [-0.25, -0.2) is 5.43 Å². The summed E-state index contributed by atoms with van der Waals surface area (Å²) in [6.45, 7) is 8.71. The van der Waals surface area contributed by atoms with E-state index in [9.17, 15) is 39.0 Å². The number of hydrogen-bond donors (Lipinski definition) is 6. The van der Waals surface area contributed by atoms with Crippen molar-refractivity contribution in [3.63, 3.8) is 0 Å². The number of carbonyl (C=O) groups excluding carboxylic acids is 6. The number of rotatable bonds is 9. The van der Waals surface area contributed by atoms with Crippen LogP contribution < -0.4 is 21.4 Å². The highest BCUT2D eigenvalue weighted by atomic mass is 16.5. The Morgan fingerprint density at radius 3 is 2.43 bits per heavy atom. The normalized spacial score (nSPS) is 27.7. The smallest absolute Gasteiger partial charge is 0.325 e. The number of benzene rings is 1. The number of fused-ring (bicyclic) bond motifs is 2. The van der Waals surface area contributed by atoms with Gasteiger partial charge in [0.2, 0.25) is 17.7 Å². The first-order valence-corrected chi connectivity index (χ1v) is 19.3. The number of nitrogens with one attached hydrogen (secondary N) is 4. The summed E-state index contributed by atoms with van der Waals surface area (Å²) in [5.74, 6) is -4.63. The highest BCUT2D eigenvalue weighted by molar-refractivity contribution is 5.93. The summed E-state index contributed by atoms with van der Waals surface area (Å²) < 4.78 is 6.00. The van der Waals surface area contributed by atoms with Crippen molar-refractivity contribution in [2.45, 2.75) is 110 Å². The molecule has 56 heavy (non-hydrogen) atoms. The molecule has 0 spiro atoms. The molecule has 0 aromatic heterocycles. The van der Waals surface area contributed by atoms with Gasteiger partial charge in [0, 0.05) is 38.9 Å². The number of aliphatic hydroxyl groups excluding tert-OH is 1. The second-order valence-corrected chi connectivity index (χ2v) is 14.9. The van der Waals surface area contributed by atoms with Crippen LogP contribution in [0.25, 0.3) is 0 Å². The van der Waals surface area contributed by atoms with Crippen LogP contribution in [0.2, 0.25) is 0 Å². The van der Waals surface area contributed by atoms with Crippen molar-refractivity contribution in [1.82, 2.24) is 26.4 Å². The Labute approximate surface area is 329 Å². The number of hydrazine groups is 1. The van der Waals surface area contributed by atoms with Gasteiger partial charge in [0.1, 0.15) is 35.8 Å². The van der Waals surface area contributed by atoms with Crippen LogP contribution in [-0.4, -0.2) is 94.5 Å². The number of hydrogen-bond acceptors (Lipinski definition) is 10. The number of esters is 1.